The summed E-state index contributed by atoms with van der Waals surface area (Å²) in [5, 5.41) is 5.08. The minimum absolute atomic E-state index is 0.316. The van der Waals surface area contributed by atoms with Gasteiger partial charge < -0.3 is 9.72 Å². The Hall–Kier alpha value is -4.01. The monoisotopic (exact) mass is 629 g/mol. The number of aryl methyl sites for hydroxylation is 1. The van der Waals surface area contributed by atoms with Crippen molar-refractivity contribution in [2.75, 3.05) is 0 Å². The van der Waals surface area contributed by atoms with Gasteiger partial charge in [-0.1, -0.05) is 76.1 Å². The van der Waals surface area contributed by atoms with Crippen LogP contribution in [-0.2, 0) is 0 Å². The van der Waals surface area contributed by atoms with E-state index in [0.29, 0.717) is 22.6 Å². The fourth-order valence-corrected chi connectivity index (χ4v) is 4.88. The van der Waals surface area contributed by atoms with Gasteiger partial charge in [0.05, 0.1) is 17.3 Å². The SMILES string of the molecule is Cc1ccc(C(=O)Oc2ccc(Br)cc2C=NNC(=O)c2[nH]c3c(Br)cccc3c2-c2ccccc2)cc1. The van der Waals surface area contributed by atoms with Crippen molar-refractivity contribution >= 4 is 60.9 Å². The topological polar surface area (TPSA) is 83.5 Å². The summed E-state index contributed by atoms with van der Waals surface area (Å²) in [4.78, 5) is 29.2. The highest BCUT2D eigenvalue weighted by molar-refractivity contribution is 9.11. The highest BCUT2D eigenvalue weighted by atomic mass is 79.9. The van der Waals surface area contributed by atoms with Crippen LogP contribution in [0.2, 0.25) is 0 Å². The highest BCUT2D eigenvalue weighted by Gasteiger charge is 2.20. The predicted molar refractivity (Wildman–Crippen MR) is 157 cm³/mol. The number of para-hydroxylation sites is 1. The van der Waals surface area contributed by atoms with Crippen molar-refractivity contribution < 1.29 is 14.3 Å². The minimum atomic E-state index is -0.484. The summed E-state index contributed by atoms with van der Waals surface area (Å²) in [6.07, 6.45) is 1.45. The van der Waals surface area contributed by atoms with Crippen LogP contribution in [0.15, 0.2) is 105 Å². The summed E-state index contributed by atoms with van der Waals surface area (Å²) in [5.74, 6) is -0.574. The molecule has 0 fully saturated rings. The molecule has 2 N–H and O–H groups in total. The first-order valence-corrected chi connectivity index (χ1v) is 13.3. The average Bonchev–Trinajstić information content (AvgIpc) is 3.32. The van der Waals surface area contributed by atoms with Gasteiger partial charge in [0.1, 0.15) is 11.4 Å². The largest absolute Gasteiger partial charge is 0.422 e. The minimum Gasteiger partial charge on any atom is -0.422 e. The Morgan fingerprint density at radius 3 is 2.45 bits per heavy atom. The van der Waals surface area contributed by atoms with E-state index in [0.717, 1.165) is 36.5 Å². The van der Waals surface area contributed by atoms with E-state index < -0.39 is 11.9 Å². The molecule has 188 valence electrons. The van der Waals surface area contributed by atoms with E-state index in [9.17, 15) is 9.59 Å². The first-order valence-electron chi connectivity index (χ1n) is 11.7. The standard InChI is InChI=1S/C30H21Br2N3O3/c1-18-10-12-20(13-11-18)30(37)38-25-15-14-22(31)16-21(25)17-33-35-29(36)28-26(19-6-3-2-4-7-19)23-8-5-9-24(32)27(23)34-28/h2-17,34H,1H3,(H,35,36). The molecular weight excluding hydrogens is 610 g/mol. The van der Waals surface area contributed by atoms with Gasteiger partial charge in [-0.15, -0.1) is 0 Å². The molecule has 0 aliphatic carbocycles. The first kappa shape index (κ1) is 25.6. The Morgan fingerprint density at radius 2 is 1.68 bits per heavy atom. The normalized spacial score (nSPS) is 11.1. The maximum absolute atomic E-state index is 13.3. The molecule has 0 atom stereocenters. The number of fused-ring (bicyclic) bond motifs is 1. The Balaban J connectivity index is 1.41. The van der Waals surface area contributed by atoms with E-state index >= 15 is 0 Å². The molecule has 0 aliphatic heterocycles. The predicted octanol–water partition coefficient (Wildman–Crippen LogP) is 7.65. The Labute approximate surface area is 236 Å². The number of aromatic nitrogens is 1. The van der Waals surface area contributed by atoms with Gasteiger partial charge in [-0.2, -0.15) is 5.10 Å². The summed E-state index contributed by atoms with van der Waals surface area (Å²) < 4.78 is 7.24. The quantitative estimate of drug-likeness (QED) is 0.0875. The number of hydrogen-bond acceptors (Lipinski definition) is 4. The Bertz CT molecular complexity index is 1680. The molecule has 1 aromatic heterocycles. The number of H-pyrrole nitrogens is 1. The Morgan fingerprint density at radius 1 is 0.921 bits per heavy atom. The number of carbonyl (C=O) groups is 2. The van der Waals surface area contributed by atoms with Crippen LogP contribution in [0, 0.1) is 6.92 Å². The van der Waals surface area contributed by atoms with Gasteiger partial charge in [0.25, 0.3) is 5.91 Å². The summed E-state index contributed by atoms with van der Waals surface area (Å²) in [6, 6.07) is 27.8. The van der Waals surface area contributed by atoms with Gasteiger partial charge in [0.15, 0.2) is 0 Å². The molecule has 5 rings (SSSR count). The second-order valence-corrected chi connectivity index (χ2v) is 10.3. The molecule has 8 heteroatoms. The zero-order chi connectivity index (χ0) is 26.6. The maximum Gasteiger partial charge on any atom is 0.343 e. The lowest BCUT2D eigenvalue weighted by Gasteiger charge is -2.08. The molecule has 4 aromatic carbocycles. The number of esters is 1. The zero-order valence-electron chi connectivity index (χ0n) is 20.2. The third-order valence-corrected chi connectivity index (χ3v) is 7.06. The van der Waals surface area contributed by atoms with Crippen LogP contribution in [0.3, 0.4) is 0 Å². The summed E-state index contributed by atoms with van der Waals surface area (Å²) in [6.45, 7) is 1.95. The number of ether oxygens (including phenoxy) is 1. The average molecular weight is 631 g/mol. The highest BCUT2D eigenvalue weighted by Crippen LogP contribution is 2.35. The maximum atomic E-state index is 13.3. The molecule has 0 saturated heterocycles. The van der Waals surface area contributed by atoms with Crippen molar-refractivity contribution in [3.63, 3.8) is 0 Å². The number of carbonyl (C=O) groups excluding carboxylic acids is 2. The van der Waals surface area contributed by atoms with Crippen LogP contribution < -0.4 is 10.2 Å². The van der Waals surface area contributed by atoms with Gasteiger partial charge in [-0.3, -0.25) is 4.79 Å². The van der Waals surface area contributed by atoms with Crippen LogP contribution in [0.1, 0.15) is 32.0 Å². The third kappa shape index (κ3) is 5.46. The molecule has 1 heterocycles. The fraction of sp³-hybridized carbons (Fsp3) is 0.0333. The van der Waals surface area contributed by atoms with Crippen LogP contribution in [0.25, 0.3) is 22.0 Å². The first-order chi connectivity index (χ1) is 18.4. The second kappa shape index (κ2) is 11.2. The van der Waals surface area contributed by atoms with Crippen molar-refractivity contribution in [2.24, 2.45) is 5.10 Å². The van der Waals surface area contributed by atoms with Gasteiger partial charge in [-0.05, 0) is 64.8 Å². The number of benzene rings is 4. The lowest BCUT2D eigenvalue weighted by molar-refractivity contribution is 0.0734. The van der Waals surface area contributed by atoms with Crippen LogP contribution >= 0.6 is 31.9 Å². The lowest BCUT2D eigenvalue weighted by atomic mass is 10.0. The smallest absolute Gasteiger partial charge is 0.343 e. The number of nitrogens with zero attached hydrogens (tertiary/aromatic N) is 1. The molecule has 0 saturated carbocycles. The van der Waals surface area contributed by atoms with Crippen LogP contribution in [0.4, 0.5) is 0 Å². The molecule has 0 unspecified atom stereocenters. The van der Waals surface area contributed by atoms with E-state index in [1.165, 1.54) is 6.21 Å². The molecule has 1 amide bonds. The number of halogens is 2. The summed E-state index contributed by atoms with van der Waals surface area (Å²) in [7, 11) is 0. The van der Waals surface area contributed by atoms with Crippen molar-refractivity contribution in [1.29, 1.82) is 0 Å². The van der Waals surface area contributed by atoms with Gasteiger partial charge >= 0.3 is 5.97 Å². The summed E-state index contributed by atoms with van der Waals surface area (Å²) >= 11 is 7.00. The van der Waals surface area contributed by atoms with E-state index in [1.807, 2.05) is 67.6 Å². The van der Waals surface area contributed by atoms with Gasteiger partial charge in [0.2, 0.25) is 0 Å². The third-order valence-electron chi connectivity index (χ3n) is 5.90. The summed E-state index contributed by atoms with van der Waals surface area (Å²) in [5.41, 5.74) is 7.50. The number of hydrazone groups is 1. The number of nitrogens with one attached hydrogen (secondary N) is 2. The lowest BCUT2D eigenvalue weighted by Crippen LogP contribution is -2.19. The molecule has 0 radical (unpaired) electrons. The van der Waals surface area contributed by atoms with Crippen LogP contribution in [0.5, 0.6) is 5.75 Å². The molecule has 0 bridgehead atoms. The Kier molecular flexibility index (Phi) is 7.53. The van der Waals surface area contributed by atoms with Crippen molar-refractivity contribution in [2.45, 2.75) is 6.92 Å². The molecule has 38 heavy (non-hydrogen) atoms. The zero-order valence-corrected chi connectivity index (χ0v) is 23.3. The molecular formula is C30H21Br2N3O3. The van der Waals surface area contributed by atoms with E-state index in [-0.39, 0.29) is 0 Å². The number of aromatic amines is 1. The van der Waals surface area contributed by atoms with E-state index in [4.69, 9.17) is 4.74 Å². The fourth-order valence-electron chi connectivity index (χ4n) is 4.03. The molecule has 5 aromatic rings. The van der Waals surface area contributed by atoms with Crippen molar-refractivity contribution in [1.82, 2.24) is 10.4 Å². The second-order valence-electron chi connectivity index (χ2n) is 8.54. The van der Waals surface area contributed by atoms with Gasteiger partial charge in [-0.25, -0.2) is 10.2 Å². The van der Waals surface area contributed by atoms with E-state index in [2.05, 4.69) is 47.4 Å². The molecule has 6 nitrogen and oxygen atoms in total. The number of hydrogen-bond donors (Lipinski definition) is 2. The van der Waals surface area contributed by atoms with Crippen LogP contribution in [-0.4, -0.2) is 23.1 Å². The van der Waals surface area contributed by atoms with Crippen molar-refractivity contribution in [3.8, 4) is 16.9 Å². The number of amides is 1. The molecule has 0 aliphatic rings. The van der Waals surface area contributed by atoms with Crippen molar-refractivity contribution in [3.05, 3.63) is 122 Å². The number of rotatable bonds is 6. The van der Waals surface area contributed by atoms with Gasteiger partial charge in [0, 0.05) is 25.5 Å². The van der Waals surface area contributed by atoms with E-state index in [1.54, 1.807) is 30.3 Å². The molecule has 0 spiro atoms.